The van der Waals surface area contributed by atoms with E-state index in [9.17, 15) is 18.0 Å². The fourth-order valence-corrected chi connectivity index (χ4v) is 4.76. The van der Waals surface area contributed by atoms with Crippen molar-refractivity contribution in [2.75, 3.05) is 19.6 Å². The lowest BCUT2D eigenvalue weighted by molar-refractivity contribution is -0.143. The van der Waals surface area contributed by atoms with Gasteiger partial charge in [0.25, 0.3) is 0 Å². The number of nitrogens with one attached hydrogen (secondary N) is 2. The van der Waals surface area contributed by atoms with E-state index in [4.69, 9.17) is 0 Å². The minimum absolute atomic E-state index is 0.182. The Bertz CT molecular complexity index is 443. The smallest absolute Gasteiger partial charge is 0.335 e. The van der Waals surface area contributed by atoms with Crippen LogP contribution in [0.4, 0.5) is 18.0 Å². The molecule has 4 nitrogen and oxygen atoms in total. The molecular formula is C17H28F3N3O. The van der Waals surface area contributed by atoms with Gasteiger partial charge in [0.05, 0.1) is 6.54 Å². The summed E-state index contributed by atoms with van der Waals surface area (Å²) in [4.78, 5) is 13.5. The van der Waals surface area contributed by atoms with Crippen molar-refractivity contribution in [3.05, 3.63) is 0 Å². The summed E-state index contributed by atoms with van der Waals surface area (Å²) < 4.78 is 37.2. The molecule has 2 N–H and O–H groups in total. The minimum Gasteiger partial charge on any atom is -0.335 e. The molecule has 0 spiro atoms. The Balaban J connectivity index is 1.38. The van der Waals surface area contributed by atoms with Gasteiger partial charge in [0.1, 0.15) is 0 Å². The molecule has 1 aliphatic heterocycles. The van der Waals surface area contributed by atoms with E-state index in [2.05, 4.69) is 10.6 Å². The third-order valence-electron chi connectivity index (χ3n) is 5.89. The SMILES string of the molecule is O=C(NC1CCC2CCCCC2C1)NC1CCN(CC(F)(F)F)C1. The molecular weight excluding hydrogens is 319 g/mol. The van der Waals surface area contributed by atoms with E-state index in [1.165, 1.54) is 37.0 Å². The van der Waals surface area contributed by atoms with E-state index in [0.717, 1.165) is 24.7 Å². The molecule has 24 heavy (non-hydrogen) atoms. The number of carbonyl (C=O) groups excluding carboxylic acids is 1. The third kappa shape index (κ3) is 5.01. The maximum atomic E-state index is 12.4. The number of rotatable bonds is 3. The minimum atomic E-state index is -4.17. The van der Waals surface area contributed by atoms with Crippen LogP contribution in [0.2, 0.25) is 0 Å². The van der Waals surface area contributed by atoms with Crippen LogP contribution in [0.25, 0.3) is 0 Å². The van der Waals surface area contributed by atoms with Gasteiger partial charge in [-0.1, -0.05) is 25.7 Å². The van der Waals surface area contributed by atoms with Crippen LogP contribution in [0.5, 0.6) is 0 Å². The van der Waals surface area contributed by atoms with Gasteiger partial charge in [0.2, 0.25) is 0 Å². The monoisotopic (exact) mass is 347 g/mol. The van der Waals surface area contributed by atoms with Crippen molar-refractivity contribution in [2.24, 2.45) is 11.8 Å². The zero-order chi connectivity index (χ0) is 17.2. The summed E-state index contributed by atoms with van der Waals surface area (Å²) in [5.41, 5.74) is 0. The quantitative estimate of drug-likeness (QED) is 0.823. The maximum absolute atomic E-state index is 12.4. The summed E-state index contributed by atoms with van der Waals surface area (Å²) in [5, 5.41) is 5.91. The largest absolute Gasteiger partial charge is 0.401 e. The first kappa shape index (κ1) is 17.8. The van der Waals surface area contributed by atoms with Crippen molar-refractivity contribution in [2.45, 2.75) is 69.6 Å². The number of likely N-dealkylation sites (tertiary alicyclic amines) is 1. The second-order valence-corrected chi connectivity index (χ2v) is 7.77. The Labute approximate surface area is 141 Å². The number of halogens is 3. The van der Waals surface area contributed by atoms with Crippen molar-refractivity contribution in [3.63, 3.8) is 0 Å². The van der Waals surface area contributed by atoms with Gasteiger partial charge >= 0.3 is 12.2 Å². The zero-order valence-electron chi connectivity index (χ0n) is 14.1. The number of hydrogen-bond donors (Lipinski definition) is 2. The van der Waals surface area contributed by atoms with E-state index in [1.807, 2.05) is 0 Å². The predicted octanol–water partition coefficient (Wildman–Crippen LogP) is 3.28. The molecule has 2 amide bonds. The van der Waals surface area contributed by atoms with Crippen molar-refractivity contribution in [3.8, 4) is 0 Å². The molecule has 0 aromatic carbocycles. The molecule has 3 aliphatic rings. The Kier molecular flexibility index (Phi) is 5.57. The van der Waals surface area contributed by atoms with Crippen LogP contribution < -0.4 is 10.6 Å². The van der Waals surface area contributed by atoms with E-state index in [0.29, 0.717) is 13.0 Å². The van der Waals surface area contributed by atoms with Gasteiger partial charge in [-0.2, -0.15) is 13.2 Å². The highest BCUT2D eigenvalue weighted by Gasteiger charge is 2.35. The van der Waals surface area contributed by atoms with Gasteiger partial charge in [0.15, 0.2) is 0 Å². The molecule has 3 rings (SSSR count). The number of carbonyl (C=O) groups is 1. The van der Waals surface area contributed by atoms with Crippen LogP contribution in [0.15, 0.2) is 0 Å². The fraction of sp³-hybridized carbons (Fsp3) is 0.941. The average Bonchev–Trinajstić information content (AvgIpc) is 2.91. The third-order valence-corrected chi connectivity index (χ3v) is 5.89. The molecule has 2 aliphatic carbocycles. The Morgan fingerprint density at radius 2 is 1.67 bits per heavy atom. The normalized spacial score (nSPS) is 34.6. The molecule has 3 fully saturated rings. The molecule has 7 heteroatoms. The molecule has 4 unspecified atom stereocenters. The lowest BCUT2D eigenvalue weighted by atomic mass is 9.69. The number of alkyl halides is 3. The molecule has 0 bridgehead atoms. The predicted molar refractivity (Wildman–Crippen MR) is 85.7 cm³/mol. The van der Waals surface area contributed by atoms with Gasteiger partial charge in [0, 0.05) is 25.2 Å². The number of nitrogens with zero attached hydrogens (tertiary/aromatic N) is 1. The highest BCUT2D eigenvalue weighted by molar-refractivity contribution is 5.74. The number of urea groups is 1. The van der Waals surface area contributed by atoms with Crippen LogP contribution in [0, 0.1) is 11.8 Å². The van der Waals surface area contributed by atoms with Crippen LogP contribution in [0.1, 0.15) is 51.4 Å². The first-order valence-electron chi connectivity index (χ1n) is 9.25. The highest BCUT2D eigenvalue weighted by atomic mass is 19.4. The number of fused-ring (bicyclic) bond motifs is 1. The van der Waals surface area contributed by atoms with Crippen molar-refractivity contribution in [1.82, 2.24) is 15.5 Å². The standard InChI is InChI=1S/C17H28F3N3O/c18-17(19,20)11-23-8-7-15(10-23)22-16(24)21-14-6-5-12-3-1-2-4-13(12)9-14/h12-15H,1-11H2,(H2,21,22,24). The van der Waals surface area contributed by atoms with Crippen molar-refractivity contribution >= 4 is 6.03 Å². The summed E-state index contributed by atoms with van der Waals surface area (Å²) in [6, 6.07) is -0.177. The molecule has 0 aromatic rings. The van der Waals surface area contributed by atoms with Crippen molar-refractivity contribution < 1.29 is 18.0 Å². The summed E-state index contributed by atoms with van der Waals surface area (Å²) in [6.45, 7) is -0.224. The van der Waals surface area contributed by atoms with Crippen LogP contribution in [0.3, 0.4) is 0 Å². The van der Waals surface area contributed by atoms with Crippen molar-refractivity contribution in [1.29, 1.82) is 0 Å². The topological polar surface area (TPSA) is 44.4 Å². The average molecular weight is 347 g/mol. The van der Waals surface area contributed by atoms with Crippen LogP contribution >= 0.6 is 0 Å². The number of amides is 2. The van der Waals surface area contributed by atoms with Gasteiger partial charge in [-0.05, 0) is 37.5 Å². The number of hydrogen-bond acceptors (Lipinski definition) is 2. The van der Waals surface area contributed by atoms with Gasteiger partial charge in [-0.25, -0.2) is 4.79 Å². The van der Waals surface area contributed by atoms with Gasteiger partial charge in [-0.15, -0.1) is 0 Å². The van der Waals surface area contributed by atoms with E-state index < -0.39 is 12.7 Å². The molecule has 4 atom stereocenters. The second-order valence-electron chi connectivity index (χ2n) is 7.77. The summed E-state index contributed by atoms with van der Waals surface area (Å²) in [7, 11) is 0. The molecule has 1 heterocycles. The van der Waals surface area contributed by atoms with Gasteiger partial charge < -0.3 is 10.6 Å². The first-order valence-corrected chi connectivity index (χ1v) is 9.25. The summed E-state index contributed by atoms with van der Waals surface area (Å²) in [6.07, 6.45) is 4.95. The summed E-state index contributed by atoms with van der Waals surface area (Å²) >= 11 is 0. The van der Waals surface area contributed by atoms with E-state index in [1.54, 1.807) is 0 Å². The highest BCUT2D eigenvalue weighted by Crippen LogP contribution is 2.40. The fourth-order valence-electron chi connectivity index (χ4n) is 4.76. The Morgan fingerprint density at radius 1 is 0.958 bits per heavy atom. The lowest BCUT2D eigenvalue weighted by Crippen LogP contribution is -2.49. The molecule has 0 radical (unpaired) electrons. The Hall–Kier alpha value is -0.980. The molecule has 2 saturated carbocycles. The first-order chi connectivity index (χ1) is 11.4. The molecule has 0 aromatic heterocycles. The maximum Gasteiger partial charge on any atom is 0.401 e. The van der Waals surface area contributed by atoms with E-state index >= 15 is 0 Å². The molecule has 138 valence electrons. The second kappa shape index (κ2) is 7.50. The molecule has 1 saturated heterocycles. The zero-order valence-corrected chi connectivity index (χ0v) is 14.1. The van der Waals surface area contributed by atoms with Crippen LogP contribution in [-0.2, 0) is 0 Å². The van der Waals surface area contributed by atoms with Gasteiger partial charge in [-0.3, -0.25) is 4.90 Å². The lowest BCUT2D eigenvalue weighted by Gasteiger charge is -2.39. The van der Waals surface area contributed by atoms with E-state index in [-0.39, 0.29) is 24.7 Å². The Morgan fingerprint density at radius 3 is 2.42 bits per heavy atom. The van der Waals surface area contributed by atoms with Crippen LogP contribution in [-0.4, -0.2) is 48.8 Å². The summed E-state index contributed by atoms with van der Waals surface area (Å²) in [5.74, 6) is 1.58.